The number of aromatic nitrogens is 4. The van der Waals surface area contributed by atoms with Gasteiger partial charge in [0, 0.05) is 22.5 Å². The molecule has 0 atom stereocenters. The van der Waals surface area contributed by atoms with Crippen molar-refractivity contribution in [3.05, 3.63) is 72.4 Å². The minimum absolute atomic E-state index is 0.900. The molecular weight excluding hydrogens is 308 g/mol. The summed E-state index contributed by atoms with van der Waals surface area (Å²) in [6, 6.07) is 21.4. The van der Waals surface area contributed by atoms with E-state index in [1.165, 1.54) is 38.8 Å². The van der Waals surface area contributed by atoms with Gasteiger partial charge < -0.3 is 0 Å². The molecule has 0 aliphatic carbocycles. The molecule has 0 bridgehead atoms. The number of aryl methyl sites for hydroxylation is 1. The van der Waals surface area contributed by atoms with Crippen molar-refractivity contribution in [2.75, 3.05) is 0 Å². The summed E-state index contributed by atoms with van der Waals surface area (Å²) in [5.74, 6) is 1.20. The summed E-state index contributed by atoms with van der Waals surface area (Å²) >= 11 is 0. The van der Waals surface area contributed by atoms with Crippen LogP contribution in [0.3, 0.4) is 0 Å². The Hall–Kier alpha value is -3.27. The van der Waals surface area contributed by atoms with E-state index in [2.05, 4.69) is 75.4 Å². The summed E-state index contributed by atoms with van der Waals surface area (Å²) in [5.41, 5.74) is 4.84. The zero-order valence-corrected chi connectivity index (χ0v) is 13.8. The van der Waals surface area contributed by atoms with Gasteiger partial charge in [-0.3, -0.25) is 0 Å². The number of rotatable bonds is 1. The van der Waals surface area contributed by atoms with Gasteiger partial charge in [-0.05, 0) is 33.5 Å². The molecule has 0 unspecified atom stereocenters. The van der Waals surface area contributed by atoms with Crippen molar-refractivity contribution in [1.29, 1.82) is 0 Å². The molecule has 4 nitrogen and oxygen atoms in total. The van der Waals surface area contributed by atoms with E-state index in [0.717, 1.165) is 12.2 Å². The lowest BCUT2D eigenvalue weighted by Gasteiger charge is -2.02. The van der Waals surface area contributed by atoms with Crippen LogP contribution in [0.4, 0.5) is 0 Å². The van der Waals surface area contributed by atoms with Gasteiger partial charge in [-0.25, -0.2) is 4.98 Å². The number of nitrogens with zero attached hydrogens (tertiary/aromatic N) is 4. The Morgan fingerprint density at radius 3 is 2.64 bits per heavy atom. The second-order valence-corrected chi connectivity index (χ2v) is 6.65. The minimum Gasteiger partial charge on any atom is -0.233 e. The van der Waals surface area contributed by atoms with Crippen LogP contribution in [0.2, 0.25) is 0 Å². The standard InChI is InChI=1S/C21H16N4/c1-23-20(14-7-3-2-4-8-14)24-13-15-9-5-10-16-17-11-6-12-22-19(17)25(23)21(24)18(15)16/h2-12H,13H2,1H3/q+2. The molecule has 0 radical (unpaired) electrons. The zero-order chi connectivity index (χ0) is 16.5. The van der Waals surface area contributed by atoms with E-state index in [1.807, 2.05) is 12.3 Å². The number of benzene rings is 2. The molecule has 1 aliphatic rings. The van der Waals surface area contributed by atoms with Gasteiger partial charge in [-0.2, -0.15) is 0 Å². The Labute approximate surface area is 144 Å². The molecule has 3 aromatic heterocycles. The monoisotopic (exact) mass is 324 g/mol. The van der Waals surface area contributed by atoms with E-state index in [0.29, 0.717) is 0 Å². The number of pyridine rings is 2. The van der Waals surface area contributed by atoms with Crippen molar-refractivity contribution in [1.82, 2.24) is 9.50 Å². The van der Waals surface area contributed by atoms with Crippen LogP contribution in [0.15, 0.2) is 66.9 Å². The van der Waals surface area contributed by atoms with Gasteiger partial charge in [0.2, 0.25) is 5.65 Å². The first kappa shape index (κ1) is 13.1. The summed E-state index contributed by atoms with van der Waals surface area (Å²) < 4.78 is 6.91. The lowest BCUT2D eigenvalue weighted by molar-refractivity contribution is -0.781. The van der Waals surface area contributed by atoms with Crippen LogP contribution in [0, 0.1) is 0 Å². The van der Waals surface area contributed by atoms with Crippen molar-refractivity contribution < 1.29 is 9.25 Å². The first-order valence-electron chi connectivity index (χ1n) is 8.53. The highest BCUT2D eigenvalue weighted by Gasteiger charge is 2.41. The van der Waals surface area contributed by atoms with Crippen LogP contribution in [0.1, 0.15) is 5.56 Å². The Kier molecular flexibility index (Phi) is 2.31. The molecule has 118 valence electrons. The molecule has 6 rings (SSSR count). The first-order valence-corrected chi connectivity index (χ1v) is 8.53. The van der Waals surface area contributed by atoms with E-state index < -0.39 is 0 Å². The molecule has 4 heterocycles. The number of hydrogen-bond donors (Lipinski definition) is 0. The van der Waals surface area contributed by atoms with Gasteiger partial charge in [0.1, 0.15) is 5.56 Å². The predicted molar refractivity (Wildman–Crippen MR) is 96.1 cm³/mol. The van der Waals surface area contributed by atoms with Crippen LogP contribution >= 0.6 is 0 Å². The molecule has 0 saturated heterocycles. The second kappa shape index (κ2) is 4.42. The SMILES string of the molecule is C[n+]1c(-c2ccccc2)[n+]2c3c4c(cccc4c4cccnc4n31)C2. The van der Waals surface area contributed by atoms with Gasteiger partial charge >= 0.3 is 11.5 Å². The Bertz CT molecular complexity index is 1300. The highest BCUT2D eigenvalue weighted by Crippen LogP contribution is 2.33. The van der Waals surface area contributed by atoms with Crippen molar-refractivity contribution in [2.45, 2.75) is 6.54 Å². The summed E-state index contributed by atoms with van der Waals surface area (Å²) in [7, 11) is 2.12. The molecule has 4 heteroatoms. The van der Waals surface area contributed by atoms with E-state index in [-0.39, 0.29) is 0 Å². The third kappa shape index (κ3) is 1.50. The maximum absolute atomic E-state index is 4.72. The summed E-state index contributed by atoms with van der Waals surface area (Å²) in [4.78, 5) is 4.72. The van der Waals surface area contributed by atoms with Crippen molar-refractivity contribution in [3.63, 3.8) is 0 Å². The normalized spacial score (nSPS) is 12.8. The Balaban J connectivity index is 1.93. The number of hydrogen-bond acceptors (Lipinski definition) is 1. The molecule has 5 aromatic rings. The fourth-order valence-electron chi connectivity index (χ4n) is 4.36. The van der Waals surface area contributed by atoms with Crippen LogP contribution in [-0.2, 0) is 13.6 Å². The van der Waals surface area contributed by atoms with Gasteiger partial charge in [0.05, 0.1) is 5.39 Å². The van der Waals surface area contributed by atoms with Gasteiger partial charge in [0.25, 0.3) is 0 Å². The summed E-state index contributed by atoms with van der Waals surface area (Å²) in [5, 5.41) is 3.84. The fourth-order valence-corrected chi connectivity index (χ4v) is 4.36. The van der Waals surface area contributed by atoms with Crippen molar-refractivity contribution >= 4 is 27.5 Å². The van der Waals surface area contributed by atoms with Crippen molar-refractivity contribution in [2.24, 2.45) is 7.05 Å². The third-order valence-electron chi connectivity index (χ3n) is 5.33. The quantitative estimate of drug-likeness (QED) is 0.337. The van der Waals surface area contributed by atoms with E-state index >= 15 is 0 Å². The molecule has 0 amide bonds. The predicted octanol–water partition coefficient (Wildman–Crippen LogP) is 2.78. The fraction of sp³-hybridized carbons (Fsp3) is 0.0952. The smallest absolute Gasteiger partial charge is 0.233 e. The van der Waals surface area contributed by atoms with Gasteiger partial charge in [0.15, 0.2) is 13.6 Å². The second-order valence-electron chi connectivity index (χ2n) is 6.65. The third-order valence-corrected chi connectivity index (χ3v) is 5.33. The maximum Gasteiger partial charge on any atom is 0.476 e. The summed E-state index contributed by atoms with van der Waals surface area (Å²) in [6.45, 7) is 0.900. The molecule has 1 aliphatic heterocycles. The van der Waals surface area contributed by atoms with E-state index in [9.17, 15) is 0 Å². The molecule has 0 N–H and O–H groups in total. The van der Waals surface area contributed by atoms with E-state index in [1.54, 1.807) is 0 Å². The van der Waals surface area contributed by atoms with E-state index in [4.69, 9.17) is 4.98 Å². The van der Waals surface area contributed by atoms with Crippen LogP contribution in [0.25, 0.3) is 38.8 Å². The molecule has 25 heavy (non-hydrogen) atoms. The number of fused-ring (bicyclic) bond motifs is 3. The molecule has 0 saturated carbocycles. The average Bonchev–Trinajstić information content (AvgIpc) is 3.16. The highest BCUT2D eigenvalue weighted by atomic mass is 15.4. The Morgan fingerprint density at radius 1 is 0.920 bits per heavy atom. The lowest BCUT2D eigenvalue weighted by Crippen LogP contribution is -2.43. The van der Waals surface area contributed by atoms with Crippen LogP contribution < -0.4 is 9.25 Å². The molecule has 0 fully saturated rings. The first-order chi connectivity index (χ1) is 12.3. The van der Waals surface area contributed by atoms with Crippen LogP contribution in [-0.4, -0.2) is 9.50 Å². The average molecular weight is 324 g/mol. The molecule has 2 aromatic carbocycles. The molecular formula is C21H16N4+2. The highest BCUT2D eigenvalue weighted by molar-refractivity contribution is 6.11. The zero-order valence-electron chi connectivity index (χ0n) is 13.8. The van der Waals surface area contributed by atoms with Gasteiger partial charge in [-0.15, -0.1) is 4.57 Å². The minimum atomic E-state index is 0.900. The lowest BCUT2D eigenvalue weighted by atomic mass is 10.0. The Morgan fingerprint density at radius 2 is 1.76 bits per heavy atom. The van der Waals surface area contributed by atoms with Crippen molar-refractivity contribution in [3.8, 4) is 11.4 Å². The van der Waals surface area contributed by atoms with Gasteiger partial charge in [-0.1, -0.05) is 36.4 Å². The summed E-state index contributed by atoms with van der Waals surface area (Å²) in [6.07, 6.45) is 1.88. The topological polar surface area (TPSA) is 25.1 Å². The van der Waals surface area contributed by atoms with Crippen LogP contribution in [0.5, 0.6) is 0 Å². The largest absolute Gasteiger partial charge is 0.476 e. The molecule has 0 spiro atoms. The maximum atomic E-state index is 4.72.